The van der Waals surface area contributed by atoms with Crippen molar-refractivity contribution in [3.63, 3.8) is 0 Å². The minimum Gasteiger partial charge on any atom is -0.497 e. The van der Waals surface area contributed by atoms with Gasteiger partial charge in [0.2, 0.25) is 0 Å². The van der Waals surface area contributed by atoms with Crippen LogP contribution in [0, 0.1) is 48.3 Å². The summed E-state index contributed by atoms with van der Waals surface area (Å²) in [6.07, 6.45) is -2.21. The molecule has 0 saturated carbocycles. The molecule has 32 heteroatoms. The van der Waals surface area contributed by atoms with Gasteiger partial charge in [-0.2, -0.15) is 20.5 Å². The second-order valence-electron chi connectivity index (χ2n) is 39.2. The Morgan fingerprint density at radius 1 is 0.469 bits per heavy atom. The number of fused-ring (bicyclic) bond motifs is 4. The highest BCUT2D eigenvalue weighted by molar-refractivity contribution is 7.57. The Bertz CT molecular complexity index is 5990. The van der Waals surface area contributed by atoms with E-state index in [-0.39, 0.29) is 81.0 Å². The van der Waals surface area contributed by atoms with E-state index >= 15 is 0 Å². The van der Waals surface area contributed by atoms with E-state index < -0.39 is 110 Å². The van der Waals surface area contributed by atoms with Crippen LogP contribution in [0.15, 0.2) is 240 Å². The number of aryl methyl sites for hydroxylation is 2. The van der Waals surface area contributed by atoms with Gasteiger partial charge < -0.3 is 77.1 Å². The quantitative estimate of drug-likeness (QED) is 0.0182. The van der Waals surface area contributed by atoms with Crippen molar-refractivity contribution < 1.29 is 85.7 Å². The number of nitriles is 2. The molecule has 0 spiro atoms. The highest BCUT2D eigenvalue weighted by atomic mass is 31.2. The molecule has 4 fully saturated rings. The summed E-state index contributed by atoms with van der Waals surface area (Å²) in [6.45, 7) is 36.3. The highest BCUT2D eigenvalue weighted by Gasteiger charge is 2.66. The van der Waals surface area contributed by atoms with Gasteiger partial charge in [-0.15, -0.1) is 0 Å². The first-order chi connectivity index (χ1) is 68.1. The molecular weight excluding hydrogens is 1860 g/mol. The molecular formula is C111H136N10O20P2. The van der Waals surface area contributed by atoms with Gasteiger partial charge in [-0.25, -0.2) is 9.59 Å². The Labute approximate surface area is 841 Å². The summed E-state index contributed by atoms with van der Waals surface area (Å²) in [4.78, 5) is 88.6. The third kappa shape index (κ3) is 25.3. The summed E-state index contributed by atoms with van der Waals surface area (Å²) in [5.74, 6) is 2.44. The van der Waals surface area contributed by atoms with Crippen molar-refractivity contribution in [3.8, 4) is 35.1 Å². The second kappa shape index (κ2) is 48.2. The van der Waals surface area contributed by atoms with Crippen molar-refractivity contribution in [2.75, 3.05) is 77.8 Å². The Kier molecular flexibility index (Phi) is 37.0. The minimum absolute atomic E-state index is 0.00654. The van der Waals surface area contributed by atoms with E-state index in [1.54, 1.807) is 131 Å². The maximum Gasteiger partial charge on any atom is 0.351 e. The predicted molar refractivity (Wildman–Crippen MR) is 550 cm³/mol. The molecule has 0 radical (unpaired) electrons. The van der Waals surface area contributed by atoms with E-state index in [9.17, 15) is 39.1 Å². The SMILES string of the molecule is CC(C)C(C(C)C)P(CC(=O)OC(C)(C)CC#N)N(C(C)C)C(C)C.COc1ccc(C(OC[C@@]23CO[C@@H]([C@H](n4cc(C)c(NC(=O)c5ccccc5)nc4=O)O2)[C@@H]3O)(c2ccccc2)c2ccc(OC)cc2)cc1.COc1ccc(C(OC[C@]23COC(C2OP(CC(=O)OC(C)(C)CC#N)N(C(C)C)C(C)C)[C@H](n2cc(C)c(NC(=O)c4ccccc4)nc2=O)O3)(c2ccccc2)c2ccc(OC)cc2)cc1. The predicted octanol–water partition coefficient (Wildman–Crippen LogP) is 18.8. The number of nitrogens with zero attached hydrogens (tertiary/aromatic N) is 8. The largest absolute Gasteiger partial charge is 0.497 e. The van der Waals surface area contributed by atoms with Crippen molar-refractivity contribution in [2.24, 2.45) is 11.8 Å². The maximum absolute atomic E-state index is 14.2. The number of hydrogen-bond acceptors (Lipinski definition) is 26. The number of ether oxygens (including phenoxy) is 12. The minimum atomic E-state index is -1.80. The van der Waals surface area contributed by atoms with E-state index in [0.717, 1.165) is 33.4 Å². The van der Waals surface area contributed by atoms with Crippen LogP contribution in [0.2, 0.25) is 0 Å². The van der Waals surface area contributed by atoms with Gasteiger partial charge in [-0.1, -0.05) is 173 Å². The highest BCUT2D eigenvalue weighted by Crippen LogP contribution is 2.58. The summed E-state index contributed by atoms with van der Waals surface area (Å²) < 4.78 is 89.2. The molecule has 2 amide bonds. The number of methoxy groups -OCH3 is 4. The fraction of sp³-hybridized carbons (Fsp3) is 0.441. The molecule has 4 aliphatic rings. The molecule has 143 heavy (non-hydrogen) atoms. The van der Waals surface area contributed by atoms with Gasteiger partial charge in [-0.05, 0) is 229 Å². The van der Waals surface area contributed by atoms with E-state index in [2.05, 4.69) is 97.5 Å². The maximum atomic E-state index is 14.2. The van der Waals surface area contributed by atoms with Crippen molar-refractivity contribution >= 4 is 51.8 Å². The Morgan fingerprint density at radius 3 is 1.14 bits per heavy atom. The number of carbonyl (C=O) groups is 4. The first-order valence-electron chi connectivity index (χ1n) is 48.3. The summed E-state index contributed by atoms with van der Waals surface area (Å²) in [5.41, 5.74) is -1.06. The van der Waals surface area contributed by atoms with Gasteiger partial charge in [0.05, 0.1) is 86.0 Å². The van der Waals surface area contributed by atoms with Crippen LogP contribution in [0.25, 0.3) is 0 Å². The van der Waals surface area contributed by atoms with Crippen LogP contribution in [-0.2, 0) is 63.2 Å². The molecule has 4 aliphatic heterocycles. The number of benzene rings is 8. The fourth-order valence-corrected chi connectivity index (χ4v) is 25.1. The van der Waals surface area contributed by atoms with Gasteiger partial charge in [0, 0.05) is 58.8 Å². The number of carbonyl (C=O) groups excluding carboxylic acids is 4. The summed E-state index contributed by atoms with van der Waals surface area (Å²) in [6, 6.07) is 72.4. The average Bonchev–Trinajstić information content (AvgIpc) is 1.61. The van der Waals surface area contributed by atoms with E-state index in [1.165, 1.54) is 9.13 Å². The summed E-state index contributed by atoms with van der Waals surface area (Å²) in [7, 11) is 3.98. The van der Waals surface area contributed by atoms with E-state index in [4.69, 9.17) is 66.6 Å². The van der Waals surface area contributed by atoms with Gasteiger partial charge in [-0.3, -0.25) is 37.7 Å². The first kappa shape index (κ1) is 110. The van der Waals surface area contributed by atoms with Crippen LogP contribution >= 0.6 is 16.4 Å². The van der Waals surface area contributed by atoms with Gasteiger partial charge in [0.25, 0.3) is 11.8 Å². The summed E-state index contributed by atoms with van der Waals surface area (Å²) in [5, 5.41) is 35.5. The lowest BCUT2D eigenvalue weighted by molar-refractivity contribution is -0.204. The average molecular weight is 1990 g/mol. The lowest BCUT2D eigenvalue weighted by atomic mass is 9.79. The third-order valence-electron chi connectivity index (χ3n) is 25.7. The lowest BCUT2D eigenvalue weighted by Crippen LogP contribution is -2.49. The van der Waals surface area contributed by atoms with E-state index in [0.29, 0.717) is 81.0 Å². The van der Waals surface area contributed by atoms with E-state index in [1.807, 2.05) is 198 Å². The molecule has 14 rings (SSSR count). The first-order valence-corrected chi connectivity index (χ1v) is 51.2. The topological polar surface area (TPSA) is 356 Å². The molecule has 10 atom stereocenters. The summed E-state index contributed by atoms with van der Waals surface area (Å²) >= 11 is 0. The molecule has 760 valence electrons. The fourth-order valence-electron chi connectivity index (χ4n) is 19.3. The standard InChI is InChI=1S/C52H60N5O10P.C39H37N3O8.C20H39N2O2P/c1-34(2)57(35(3)4)68(31-43(58)65-50(6,7)28-29-53)67-45-44-48(56-30-36(5)46(55-49(56)60)54-47(59)37-16-12-10-13-17-37)66-51(45,32-63-44)33-64-52(38-18-14-11-15-19-38,39-20-24-41(61-8)25-21-39)40-22-26-42(62-9)27-23-40;1-25-22-42(37(45)41-34(25)40-35(44)26-10-6-4-7-11-26)36-32-33(43)38(50-36,23-48-32)24-49-39(27-12-8-5-9-13-27,28-14-18-30(46-2)19-15-28)29-16-20-31(47-3)21-17-29;1-14(2)19(15(3)4)25(22(16(5)6)17(7)8)13-18(23)24-20(9,10)11-12-21/h10-27,30,34-35,44-45,48H,28,31-33H2,1-9H3,(H,54,55,59,60);4-22,32-33,36,43H,23-24H2,1-3H3,(H,40,41,44,45);14-17,19H,11,13H2,1-10H3/t44?,45?,48-,51-,68?;32-,33+,36-,38-;/m11./s1. The second-order valence-corrected chi connectivity index (χ2v) is 43.1. The molecule has 2 aromatic heterocycles. The Morgan fingerprint density at radius 2 is 0.790 bits per heavy atom. The molecule has 4 bridgehead atoms. The third-order valence-corrected chi connectivity index (χ3v) is 32.1. The molecule has 0 aliphatic carbocycles. The molecule has 4 unspecified atom stereocenters. The number of nitrogens with one attached hydrogen (secondary N) is 2. The molecule has 4 saturated heterocycles. The van der Waals surface area contributed by atoms with Crippen molar-refractivity contribution in [1.82, 2.24) is 28.4 Å². The van der Waals surface area contributed by atoms with Crippen LogP contribution in [0.4, 0.5) is 11.6 Å². The van der Waals surface area contributed by atoms with Gasteiger partial charge >= 0.3 is 23.3 Å². The Hall–Kier alpha value is -12.0. The smallest absolute Gasteiger partial charge is 0.351 e. The number of amides is 2. The zero-order valence-electron chi connectivity index (χ0n) is 85.8. The zero-order valence-corrected chi connectivity index (χ0v) is 87.6. The van der Waals surface area contributed by atoms with Crippen LogP contribution in [0.3, 0.4) is 0 Å². The lowest BCUT2D eigenvalue weighted by Gasteiger charge is -2.45. The monoisotopic (exact) mass is 1990 g/mol. The molecule has 6 heterocycles. The van der Waals surface area contributed by atoms with Crippen molar-refractivity contribution in [3.05, 3.63) is 307 Å². The molecule has 8 aromatic carbocycles. The van der Waals surface area contributed by atoms with Gasteiger partial charge in [0.15, 0.2) is 12.5 Å². The van der Waals surface area contributed by atoms with Crippen molar-refractivity contribution in [1.29, 1.82) is 10.5 Å². The number of aliphatic hydroxyl groups is 1. The van der Waals surface area contributed by atoms with Crippen LogP contribution < -0.4 is 41.0 Å². The number of esters is 2. The van der Waals surface area contributed by atoms with Crippen molar-refractivity contribution in [2.45, 2.75) is 238 Å². The number of rotatable bonds is 41. The normalized spacial score (nSPS) is 19.1. The number of aliphatic hydroxyl groups excluding tert-OH is 1. The van der Waals surface area contributed by atoms with Gasteiger partial charge in [0.1, 0.15) is 107 Å². The van der Waals surface area contributed by atoms with Crippen LogP contribution in [0.1, 0.15) is 201 Å². The number of hydrogen-bond donors (Lipinski definition) is 3. The van der Waals surface area contributed by atoms with Crippen LogP contribution in [0.5, 0.6) is 23.0 Å². The number of anilines is 2. The van der Waals surface area contributed by atoms with Crippen LogP contribution in [-0.4, -0.2) is 201 Å². The zero-order chi connectivity index (χ0) is 104. The molecule has 30 nitrogen and oxygen atoms in total. The molecule has 10 aromatic rings. The molecule has 3 N–H and O–H groups in total. The Balaban J connectivity index is 0.000000212. The number of aromatic nitrogens is 4.